The first-order chi connectivity index (χ1) is 12.1. The Balaban J connectivity index is 1.38. The number of pyridine rings is 1. The monoisotopic (exact) mass is 364 g/mol. The molecule has 0 saturated carbocycles. The summed E-state index contributed by atoms with van der Waals surface area (Å²) in [5.74, 6) is -0.0572. The molecular formula is C16H20N4O4S. The highest BCUT2D eigenvalue weighted by atomic mass is 32.2. The maximum absolute atomic E-state index is 12.5. The summed E-state index contributed by atoms with van der Waals surface area (Å²) in [6.45, 7) is 2.19. The van der Waals surface area contributed by atoms with Crippen LogP contribution in [0.15, 0.2) is 24.5 Å². The largest absolute Gasteiger partial charge is 0.379 e. The third kappa shape index (κ3) is 3.03. The van der Waals surface area contributed by atoms with Crippen LogP contribution in [0.4, 0.5) is 0 Å². The lowest BCUT2D eigenvalue weighted by atomic mass is 10.1. The number of likely N-dealkylation sites (tertiary alicyclic amines) is 1. The van der Waals surface area contributed by atoms with Gasteiger partial charge in [0.2, 0.25) is 15.9 Å². The molecule has 1 N–H and O–H groups in total. The summed E-state index contributed by atoms with van der Waals surface area (Å²) >= 11 is 0. The molecule has 2 fully saturated rings. The molecule has 25 heavy (non-hydrogen) atoms. The predicted octanol–water partition coefficient (Wildman–Crippen LogP) is -0.0218. The Morgan fingerprint density at radius 1 is 1.32 bits per heavy atom. The van der Waals surface area contributed by atoms with Gasteiger partial charge < -0.3 is 14.6 Å². The van der Waals surface area contributed by atoms with E-state index in [2.05, 4.69) is 9.97 Å². The first-order valence-corrected chi connectivity index (χ1v) is 9.81. The van der Waals surface area contributed by atoms with Gasteiger partial charge in [-0.3, -0.25) is 4.79 Å². The van der Waals surface area contributed by atoms with E-state index >= 15 is 0 Å². The minimum absolute atomic E-state index is 0.0572. The first kappa shape index (κ1) is 16.5. The van der Waals surface area contributed by atoms with Gasteiger partial charge in [0, 0.05) is 44.0 Å². The summed E-state index contributed by atoms with van der Waals surface area (Å²) in [7, 11) is -3.35. The number of carbonyl (C=O) groups is 1. The zero-order chi connectivity index (χ0) is 17.4. The van der Waals surface area contributed by atoms with Crippen molar-refractivity contribution in [3.8, 4) is 0 Å². The Morgan fingerprint density at radius 3 is 2.84 bits per heavy atom. The van der Waals surface area contributed by atoms with Gasteiger partial charge >= 0.3 is 0 Å². The van der Waals surface area contributed by atoms with Crippen LogP contribution in [0.5, 0.6) is 0 Å². The number of carbonyl (C=O) groups excluding carboxylic acids is 1. The van der Waals surface area contributed by atoms with E-state index in [4.69, 9.17) is 4.74 Å². The van der Waals surface area contributed by atoms with E-state index in [0.717, 1.165) is 16.6 Å². The van der Waals surface area contributed by atoms with Crippen LogP contribution >= 0.6 is 0 Å². The van der Waals surface area contributed by atoms with Gasteiger partial charge in [-0.2, -0.15) is 4.31 Å². The average Bonchev–Trinajstić information content (AvgIpc) is 2.97. The number of amides is 1. The standard InChI is InChI=1S/C16H20N4O4S/c21-15(8-12-9-18-16-14(12)2-1-3-17-16)19-10-13(11-19)25(22,23)20-4-6-24-7-5-20/h1-3,9,13H,4-8,10-11H2,(H,17,18). The molecule has 2 aliphatic heterocycles. The van der Waals surface area contributed by atoms with Crippen molar-refractivity contribution in [2.75, 3.05) is 39.4 Å². The third-order valence-electron chi connectivity index (χ3n) is 4.83. The second-order valence-electron chi connectivity index (χ2n) is 6.37. The average molecular weight is 364 g/mol. The van der Waals surface area contributed by atoms with Crippen LogP contribution in [0, 0.1) is 0 Å². The normalized spacial score (nSPS) is 19.9. The van der Waals surface area contributed by atoms with Gasteiger partial charge in [-0.25, -0.2) is 13.4 Å². The van der Waals surface area contributed by atoms with E-state index in [1.807, 2.05) is 12.1 Å². The molecule has 4 rings (SSSR count). The molecule has 2 aliphatic rings. The van der Waals surface area contributed by atoms with Gasteiger partial charge in [-0.05, 0) is 17.7 Å². The van der Waals surface area contributed by atoms with Crippen LogP contribution in [0.2, 0.25) is 0 Å². The molecular weight excluding hydrogens is 344 g/mol. The van der Waals surface area contributed by atoms with E-state index in [9.17, 15) is 13.2 Å². The minimum Gasteiger partial charge on any atom is -0.379 e. The lowest BCUT2D eigenvalue weighted by Crippen LogP contribution is -2.61. The Morgan fingerprint density at radius 2 is 2.08 bits per heavy atom. The number of hydrogen-bond acceptors (Lipinski definition) is 5. The van der Waals surface area contributed by atoms with Crippen molar-refractivity contribution in [1.29, 1.82) is 0 Å². The number of fused-ring (bicyclic) bond motifs is 1. The van der Waals surface area contributed by atoms with Crippen molar-refractivity contribution in [3.63, 3.8) is 0 Å². The van der Waals surface area contributed by atoms with Gasteiger partial charge in [0.15, 0.2) is 0 Å². The molecule has 4 heterocycles. The smallest absolute Gasteiger partial charge is 0.227 e. The molecule has 134 valence electrons. The summed E-state index contributed by atoms with van der Waals surface area (Å²) in [5, 5.41) is 0.424. The second-order valence-corrected chi connectivity index (χ2v) is 8.58. The summed E-state index contributed by atoms with van der Waals surface area (Å²) in [6.07, 6.45) is 3.73. The maximum atomic E-state index is 12.5. The maximum Gasteiger partial charge on any atom is 0.227 e. The predicted molar refractivity (Wildman–Crippen MR) is 91.5 cm³/mol. The fraction of sp³-hybridized carbons (Fsp3) is 0.500. The molecule has 0 aliphatic carbocycles. The topological polar surface area (TPSA) is 95.6 Å². The van der Waals surface area contributed by atoms with E-state index in [-0.39, 0.29) is 25.4 Å². The van der Waals surface area contributed by atoms with Crippen molar-refractivity contribution >= 4 is 27.0 Å². The number of sulfonamides is 1. The van der Waals surface area contributed by atoms with Crippen molar-refractivity contribution < 1.29 is 17.9 Å². The molecule has 9 heteroatoms. The van der Waals surface area contributed by atoms with Gasteiger partial charge in [0.1, 0.15) is 10.9 Å². The molecule has 1 amide bonds. The summed E-state index contributed by atoms with van der Waals surface area (Å²) < 4.78 is 31.8. The van der Waals surface area contributed by atoms with Gasteiger partial charge in [-0.1, -0.05) is 0 Å². The number of H-pyrrole nitrogens is 1. The van der Waals surface area contributed by atoms with Crippen LogP contribution in [-0.2, 0) is 26.0 Å². The number of aromatic amines is 1. The molecule has 0 bridgehead atoms. The summed E-state index contributed by atoms with van der Waals surface area (Å²) in [4.78, 5) is 21.3. The second kappa shape index (κ2) is 6.40. The van der Waals surface area contributed by atoms with Gasteiger partial charge in [-0.15, -0.1) is 0 Å². The third-order valence-corrected chi connectivity index (χ3v) is 7.06. The Labute approximate surface area is 145 Å². The van der Waals surface area contributed by atoms with Gasteiger partial charge in [0.05, 0.1) is 19.6 Å². The minimum atomic E-state index is -3.35. The van der Waals surface area contributed by atoms with Crippen LogP contribution in [0.1, 0.15) is 5.56 Å². The molecule has 0 aromatic carbocycles. The van der Waals surface area contributed by atoms with Crippen molar-refractivity contribution in [3.05, 3.63) is 30.1 Å². The van der Waals surface area contributed by atoms with Crippen molar-refractivity contribution in [1.82, 2.24) is 19.2 Å². The highest BCUT2D eigenvalue weighted by molar-refractivity contribution is 7.89. The fourth-order valence-corrected chi connectivity index (χ4v) is 5.09. The summed E-state index contributed by atoms with van der Waals surface area (Å²) in [6, 6.07) is 3.75. The molecule has 0 atom stereocenters. The van der Waals surface area contributed by atoms with E-state index in [1.165, 1.54) is 4.31 Å². The molecule has 2 aromatic heterocycles. The van der Waals surface area contributed by atoms with E-state index in [0.29, 0.717) is 26.3 Å². The number of aromatic nitrogens is 2. The van der Waals surface area contributed by atoms with Crippen LogP contribution in [0.3, 0.4) is 0 Å². The number of rotatable bonds is 4. The first-order valence-electron chi connectivity index (χ1n) is 8.31. The molecule has 0 spiro atoms. The van der Waals surface area contributed by atoms with E-state index < -0.39 is 15.3 Å². The SMILES string of the molecule is O=C(Cc1c[nH]c2ncccc12)N1CC(S(=O)(=O)N2CCOCC2)C1. The fourth-order valence-electron chi connectivity index (χ4n) is 3.28. The number of morpholine rings is 1. The molecule has 8 nitrogen and oxygen atoms in total. The van der Waals surface area contributed by atoms with Crippen molar-refractivity contribution in [2.24, 2.45) is 0 Å². The highest BCUT2D eigenvalue weighted by Gasteiger charge is 2.42. The highest BCUT2D eigenvalue weighted by Crippen LogP contribution is 2.23. The van der Waals surface area contributed by atoms with E-state index in [1.54, 1.807) is 17.3 Å². The Bertz CT molecular complexity index is 882. The lowest BCUT2D eigenvalue weighted by Gasteiger charge is -2.41. The zero-order valence-corrected chi connectivity index (χ0v) is 14.5. The number of nitrogens with one attached hydrogen (secondary N) is 1. The summed E-state index contributed by atoms with van der Waals surface area (Å²) in [5.41, 5.74) is 1.63. The van der Waals surface area contributed by atoms with Crippen LogP contribution in [-0.4, -0.2) is 78.1 Å². The number of ether oxygens (including phenoxy) is 1. The van der Waals surface area contributed by atoms with Gasteiger partial charge in [0.25, 0.3) is 0 Å². The van der Waals surface area contributed by atoms with Crippen LogP contribution < -0.4 is 0 Å². The Hall–Kier alpha value is -1.97. The number of hydrogen-bond donors (Lipinski definition) is 1. The lowest BCUT2D eigenvalue weighted by molar-refractivity contribution is -0.133. The zero-order valence-electron chi connectivity index (χ0n) is 13.7. The molecule has 0 unspecified atom stereocenters. The van der Waals surface area contributed by atoms with Crippen molar-refractivity contribution in [2.45, 2.75) is 11.7 Å². The number of nitrogens with zero attached hydrogens (tertiary/aromatic N) is 3. The quantitative estimate of drug-likeness (QED) is 0.823. The Kier molecular flexibility index (Phi) is 4.22. The molecule has 2 aromatic rings. The molecule has 0 radical (unpaired) electrons. The molecule has 2 saturated heterocycles. The van der Waals surface area contributed by atoms with Crippen LogP contribution in [0.25, 0.3) is 11.0 Å².